The molecule has 0 saturated carbocycles. The molecule has 2 aromatic heterocycles. The van der Waals surface area contributed by atoms with Crippen molar-refractivity contribution in [2.45, 2.75) is 0 Å². The van der Waals surface area contributed by atoms with Crippen molar-refractivity contribution in [3.8, 4) is 11.4 Å². The minimum atomic E-state index is 0.211. The number of morpholine rings is 1. The molecule has 1 saturated heterocycles. The van der Waals surface area contributed by atoms with E-state index >= 15 is 0 Å². The number of nitrogens with zero attached hydrogens (tertiary/aromatic N) is 4. The lowest BCUT2D eigenvalue weighted by molar-refractivity contribution is 0.122. The summed E-state index contributed by atoms with van der Waals surface area (Å²) in [6.45, 7) is 2.86. The molecule has 0 aliphatic carbocycles. The molecule has 0 radical (unpaired) electrons. The number of aromatic nitrogens is 3. The Hall–Kier alpha value is -2.15. The first-order valence-electron chi connectivity index (χ1n) is 5.70. The van der Waals surface area contributed by atoms with Gasteiger partial charge in [0.05, 0.1) is 25.0 Å². The van der Waals surface area contributed by atoms with Gasteiger partial charge in [-0.25, -0.2) is 0 Å². The highest BCUT2D eigenvalue weighted by Gasteiger charge is 2.16. The fourth-order valence-corrected chi connectivity index (χ4v) is 1.81. The van der Waals surface area contributed by atoms with E-state index in [1.165, 1.54) is 0 Å². The van der Waals surface area contributed by atoms with Gasteiger partial charge in [-0.3, -0.25) is 0 Å². The fraction of sp³-hybridized carbons (Fsp3) is 0.364. The van der Waals surface area contributed by atoms with Gasteiger partial charge in [-0.1, -0.05) is 0 Å². The largest absolute Gasteiger partial charge is 0.472 e. The van der Waals surface area contributed by atoms with E-state index < -0.39 is 0 Å². The third kappa shape index (κ3) is 2.12. The Morgan fingerprint density at radius 2 is 2.00 bits per heavy atom. The normalized spacial score (nSPS) is 15.9. The van der Waals surface area contributed by atoms with E-state index in [1.54, 1.807) is 18.6 Å². The van der Waals surface area contributed by atoms with Crippen LogP contribution < -0.4 is 10.6 Å². The third-order valence-electron chi connectivity index (χ3n) is 2.71. The van der Waals surface area contributed by atoms with Crippen molar-refractivity contribution >= 4 is 11.9 Å². The van der Waals surface area contributed by atoms with Crippen LogP contribution in [0.4, 0.5) is 11.9 Å². The molecule has 0 bridgehead atoms. The molecule has 18 heavy (non-hydrogen) atoms. The van der Waals surface area contributed by atoms with Gasteiger partial charge in [0.2, 0.25) is 11.9 Å². The van der Waals surface area contributed by atoms with Gasteiger partial charge in [0.15, 0.2) is 5.82 Å². The SMILES string of the molecule is Nc1nc(-c2ccoc2)nc(N2CCOCC2)n1. The van der Waals surface area contributed by atoms with Crippen LogP contribution in [0, 0.1) is 0 Å². The Balaban J connectivity index is 1.95. The van der Waals surface area contributed by atoms with E-state index in [1.807, 2.05) is 4.90 Å². The Bertz CT molecular complexity index is 522. The Morgan fingerprint density at radius 1 is 1.17 bits per heavy atom. The molecule has 0 atom stereocenters. The zero-order valence-electron chi connectivity index (χ0n) is 9.74. The molecular weight excluding hydrogens is 234 g/mol. The van der Waals surface area contributed by atoms with Gasteiger partial charge in [-0.05, 0) is 6.07 Å². The van der Waals surface area contributed by atoms with Crippen molar-refractivity contribution in [2.24, 2.45) is 0 Å². The molecule has 3 heterocycles. The number of nitrogen functional groups attached to an aromatic ring is 1. The van der Waals surface area contributed by atoms with E-state index in [9.17, 15) is 0 Å². The average Bonchev–Trinajstić information content (AvgIpc) is 2.93. The number of hydrogen-bond donors (Lipinski definition) is 1. The van der Waals surface area contributed by atoms with Crippen LogP contribution in [0.5, 0.6) is 0 Å². The van der Waals surface area contributed by atoms with E-state index in [0.29, 0.717) is 25.0 Å². The summed E-state index contributed by atoms with van der Waals surface area (Å²) in [6.07, 6.45) is 3.15. The van der Waals surface area contributed by atoms with Crippen molar-refractivity contribution in [1.29, 1.82) is 0 Å². The quantitative estimate of drug-likeness (QED) is 0.828. The number of furan rings is 1. The second-order valence-electron chi connectivity index (χ2n) is 3.93. The maximum atomic E-state index is 5.72. The molecule has 1 fully saturated rings. The molecule has 1 aliphatic heterocycles. The van der Waals surface area contributed by atoms with Gasteiger partial charge in [-0.15, -0.1) is 0 Å². The molecule has 3 rings (SSSR count). The molecule has 2 aromatic rings. The van der Waals surface area contributed by atoms with Gasteiger partial charge in [0.1, 0.15) is 6.26 Å². The van der Waals surface area contributed by atoms with Gasteiger partial charge in [0, 0.05) is 13.1 Å². The summed E-state index contributed by atoms with van der Waals surface area (Å²) in [4.78, 5) is 14.7. The molecule has 0 aromatic carbocycles. The number of ether oxygens (including phenoxy) is 1. The predicted molar refractivity (Wildman–Crippen MR) is 65.0 cm³/mol. The van der Waals surface area contributed by atoms with Gasteiger partial charge < -0.3 is 19.8 Å². The van der Waals surface area contributed by atoms with Crippen molar-refractivity contribution in [1.82, 2.24) is 15.0 Å². The Morgan fingerprint density at radius 3 is 2.72 bits per heavy atom. The lowest BCUT2D eigenvalue weighted by Crippen LogP contribution is -2.37. The molecule has 0 spiro atoms. The maximum Gasteiger partial charge on any atom is 0.230 e. The Kier molecular flexibility index (Phi) is 2.81. The van der Waals surface area contributed by atoms with E-state index in [2.05, 4.69) is 15.0 Å². The second kappa shape index (κ2) is 4.61. The number of hydrogen-bond acceptors (Lipinski definition) is 7. The molecule has 7 heteroatoms. The minimum absolute atomic E-state index is 0.211. The van der Waals surface area contributed by atoms with Crippen LogP contribution in [0.25, 0.3) is 11.4 Å². The molecule has 2 N–H and O–H groups in total. The number of anilines is 2. The second-order valence-corrected chi connectivity index (χ2v) is 3.93. The summed E-state index contributed by atoms with van der Waals surface area (Å²) < 4.78 is 10.3. The highest BCUT2D eigenvalue weighted by Crippen LogP contribution is 2.19. The average molecular weight is 247 g/mol. The first-order chi connectivity index (χ1) is 8.83. The van der Waals surface area contributed by atoms with Gasteiger partial charge >= 0.3 is 0 Å². The lowest BCUT2D eigenvalue weighted by atomic mass is 10.3. The van der Waals surface area contributed by atoms with Crippen LogP contribution >= 0.6 is 0 Å². The van der Waals surface area contributed by atoms with Gasteiger partial charge in [0.25, 0.3) is 0 Å². The molecule has 0 unspecified atom stereocenters. The molecular formula is C11H13N5O2. The summed E-state index contributed by atoms with van der Waals surface area (Å²) in [7, 11) is 0. The summed E-state index contributed by atoms with van der Waals surface area (Å²) in [5, 5.41) is 0. The van der Waals surface area contributed by atoms with Crippen LogP contribution in [0.3, 0.4) is 0 Å². The van der Waals surface area contributed by atoms with Crippen molar-refractivity contribution in [3.05, 3.63) is 18.6 Å². The summed E-state index contributed by atoms with van der Waals surface area (Å²) in [5.41, 5.74) is 6.51. The van der Waals surface area contributed by atoms with Crippen LogP contribution in [0.2, 0.25) is 0 Å². The van der Waals surface area contributed by atoms with Crippen molar-refractivity contribution in [2.75, 3.05) is 36.9 Å². The van der Waals surface area contributed by atoms with Crippen LogP contribution in [0.1, 0.15) is 0 Å². The zero-order valence-corrected chi connectivity index (χ0v) is 9.74. The Labute approximate surface area is 104 Å². The summed E-state index contributed by atoms with van der Waals surface area (Å²) >= 11 is 0. The van der Waals surface area contributed by atoms with E-state index in [0.717, 1.165) is 18.7 Å². The van der Waals surface area contributed by atoms with Crippen LogP contribution in [0.15, 0.2) is 23.0 Å². The zero-order chi connectivity index (χ0) is 12.4. The first-order valence-corrected chi connectivity index (χ1v) is 5.70. The van der Waals surface area contributed by atoms with Crippen molar-refractivity contribution in [3.63, 3.8) is 0 Å². The third-order valence-corrected chi connectivity index (χ3v) is 2.71. The number of rotatable bonds is 2. The molecule has 7 nitrogen and oxygen atoms in total. The molecule has 1 aliphatic rings. The van der Waals surface area contributed by atoms with Gasteiger partial charge in [-0.2, -0.15) is 15.0 Å². The predicted octanol–water partition coefficient (Wildman–Crippen LogP) is 0.550. The summed E-state index contributed by atoms with van der Waals surface area (Å²) in [5.74, 6) is 1.32. The fourth-order valence-electron chi connectivity index (χ4n) is 1.81. The number of nitrogens with two attached hydrogens (primary N) is 1. The summed E-state index contributed by atoms with van der Waals surface area (Å²) in [6, 6.07) is 1.79. The standard InChI is InChI=1S/C11H13N5O2/c12-10-13-9(8-1-4-18-7-8)14-11(15-10)16-2-5-17-6-3-16/h1,4,7H,2-3,5-6H2,(H2,12,13,14,15). The smallest absolute Gasteiger partial charge is 0.230 e. The topological polar surface area (TPSA) is 90.3 Å². The van der Waals surface area contributed by atoms with Crippen molar-refractivity contribution < 1.29 is 9.15 Å². The monoisotopic (exact) mass is 247 g/mol. The first kappa shape index (κ1) is 11.0. The highest BCUT2D eigenvalue weighted by molar-refractivity contribution is 5.56. The van der Waals surface area contributed by atoms with E-state index in [4.69, 9.17) is 14.9 Å². The van der Waals surface area contributed by atoms with Crippen LogP contribution in [-0.4, -0.2) is 41.3 Å². The lowest BCUT2D eigenvalue weighted by Gasteiger charge is -2.26. The molecule has 94 valence electrons. The highest BCUT2D eigenvalue weighted by atomic mass is 16.5. The van der Waals surface area contributed by atoms with Crippen LogP contribution in [-0.2, 0) is 4.74 Å². The minimum Gasteiger partial charge on any atom is -0.472 e. The maximum absolute atomic E-state index is 5.72. The van der Waals surface area contributed by atoms with E-state index in [-0.39, 0.29) is 5.95 Å². The molecule has 0 amide bonds.